The molecule has 0 aliphatic carbocycles. The first kappa shape index (κ1) is 15.3. The van der Waals surface area contributed by atoms with Crippen molar-refractivity contribution in [2.45, 2.75) is 6.92 Å². The molecular weight excluding hydrogens is 314 g/mol. The van der Waals surface area contributed by atoms with Crippen LogP contribution in [0.25, 0.3) is 0 Å². The summed E-state index contributed by atoms with van der Waals surface area (Å²) in [7, 11) is 1.28. The highest BCUT2D eigenvalue weighted by Crippen LogP contribution is 2.30. The van der Waals surface area contributed by atoms with E-state index in [0.29, 0.717) is 10.8 Å². The number of amides is 1. The molecule has 0 radical (unpaired) electrons. The van der Waals surface area contributed by atoms with Gasteiger partial charge in [0.05, 0.1) is 7.11 Å². The Balaban J connectivity index is 2.11. The molecule has 0 atom stereocenters. The van der Waals surface area contributed by atoms with Crippen molar-refractivity contribution < 1.29 is 14.3 Å². The van der Waals surface area contributed by atoms with Crippen molar-refractivity contribution in [1.82, 2.24) is 4.98 Å². The molecule has 0 unspecified atom stereocenters. The maximum Gasteiger partial charge on any atom is 0.351 e. The second-order valence-corrected chi connectivity index (χ2v) is 5.37. The van der Waals surface area contributed by atoms with E-state index in [4.69, 9.17) is 11.6 Å². The zero-order chi connectivity index (χ0) is 15.4. The summed E-state index contributed by atoms with van der Waals surface area (Å²) in [5.41, 5.74) is 1.45. The molecule has 0 aliphatic heterocycles. The molecule has 1 heterocycles. The van der Waals surface area contributed by atoms with Crippen molar-refractivity contribution in [2.75, 3.05) is 17.7 Å². The first-order chi connectivity index (χ1) is 9.99. The van der Waals surface area contributed by atoms with Crippen LogP contribution < -0.4 is 10.6 Å². The first-order valence-electron chi connectivity index (χ1n) is 5.89. The van der Waals surface area contributed by atoms with Gasteiger partial charge >= 0.3 is 5.97 Å². The highest BCUT2D eigenvalue weighted by Gasteiger charge is 2.17. The number of esters is 1. The van der Waals surface area contributed by atoms with Crippen LogP contribution in [0.5, 0.6) is 0 Å². The Labute approximate surface area is 130 Å². The van der Waals surface area contributed by atoms with Gasteiger partial charge in [-0.25, -0.2) is 9.78 Å². The number of carbonyl (C=O) groups is 2. The lowest BCUT2D eigenvalue weighted by Gasteiger charge is -2.05. The summed E-state index contributed by atoms with van der Waals surface area (Å²) in [6.07, 6.45) is 0. The molecule has 2 N–H and O–H groups in total. The quantitative estimate of drug-likeness (QED) is 0.843. The van der Waals surface area contributed by atoms with Crippen LogP contribution in [-0.4, -0.2) is 24.0 Å². The molecule has 2 rings (SSSR count). The number of ether oxygens (including phenoxy) is 1. The summed E-state index contributed by atoms with van der Waals surface area (Å²) < 4.78 is 4.61. The van der Waals surface area contributed by atoms with Gasteiger partial charge < -0.3 is 15.4 Å². The number of benzene rings is 1. The zero-order valence-electron chi connectivity index (χ0n) is 11.3. The predicted octanol–water partition coefficient (Wildman–Crippen LogP) is 3.29. The van der Waals surface area contributed by atoms with E-state index in [-0.39, 0.29) is 15.9 Å². The molecular formula is C13H12ClN3O3S. The van der Waals surface area contributed by atoms with E-state index in [0.717, 1.165) is 17.0 Å². The minimum Gasteiger partial charge on any atom is -0.465 e. The average Bonchev–Trinajstić information content (AvgIpc) is 2.80. The smallest absolute Gasteiger partial charge is 0.351 e. The Kier molecular flexibility index (Phi) is 4.77. The molecule has 21 heavy (non-hydrogen) atoms. The van der Waals surface area contributed by atoms with Crippen LogP contribution >= 0.6 is 22.9 Å². The summed E-state index contributed by atoms with van der Waals surface area (Å²) in [5, 5.41) is 6.28. The predicted molar refractivity (Wildman–Crippen MR) is 82.5 cm³/mol. The third kappa shape index (κ3) is 3.93. The Bertz CT molecular complexity index is 670. The van der Waals surface area contributed by atoms with Crippen molar-refractivity contribution in [3.63, 3.8) is 0 Å². The van der Waals surface area contributed by atoms with Gasteiger partial charge in [0, 0.05) is 18.3 Å². The number of hydrogen-bond acceptors (Lipinski definition) is 6. The molecule has 0 saturated carbocycles. The molecule has 0 fully saturated rings. The van der Waals surface area contributed by atoms with Crippen LogP contribution in [0.2, 0.25) is 5.15 Å². The van der Waals surface area contributed by atoms with Gasteiger partial charge in [-0.05, 0) is 24.3 Å². The number of halogens is 1. The van der Waals surface area contributed by atoms with Gasteiger partial charge in [0.25, 0.3) is 0 Å². The lowest BCUT2D eigenvalue weighted by molar-refractivity contribution is -0.114. The van der Waals surface area contributed by atoms with Crippen LogP contribution in [0, 0.1) is 0 Å². The average molecular weight is 326 g/mol. The Morgan fingerprint density at radius 2 is 1.86 bits per heavy atom. The Morgan fingerprint density at radius 3 is 2.43 bits per heavy atom. The van der Waals surface area contributed by atoms with Crippen molar-refractivity contribution >= 4 is 51.3 Å². The number of carbonyl (C=O) groups excluding carboxylic acids is 2. The molecule has 2 aromatic rings. The monoisotopic (exact) mass is 325 g/mol. The second-order valence-electron chi connectivity index (χ2n) is 4.01. The van der Waals surface area contributed by atoms with Crippen LogP contribution in [0.1, 0.15) is 16.6 Å². The number of rotatable bonds is 4. The number of hydrogen-bond donors (Lipinski definition) is 2. The van der Waals surface area contributed by atoms with E-state index in [9.17, 15) is 9.59 Å². The van der Waals surface area contributed by atoms with E-state index in [2.05, 4.69) is 20.4 Å². The highest BCUT2D eigenvalue weighted by molar-refractivity contribution is 7.18. The van der Waals surface area contributed by atoms with Crippen LogP contribution in [-0.2, 0) is 9.53 Å². The topological polar surface area (TPSA) is 80.3 Å². The number of anilines is 3. The van der Waals surface area contributed by atoms with Crippen molar-refractivity contribution in [1.29, 1.82) is 0 Å². The lowest BCUT2D eigenvalue weighted by atomic mass is 10.3. The molecule has 6 nitrogen and oxygen atoms in total. The second kappa shape index (κ2) is 6.55. The van der Waals surface area contributed by atoms with Gasteiger partial charge in [-0.3, -0.25) is 4.79 Å². The molecule has 0 spiro atoms. The summed E-state index contributed by atoms with van der Waals surface area (Å²) in [6.45, 7) is 1.44. The van der Waals surface area contributed by atoms with E-state index in [1.807, 2.05) is 0 Å². The first-order valence-corrected chi connectivity index (χ1v) is 7.08. The van der Waals surface area contributed by atoms with E-state index >= 15 is 0 Å². The van der Waals surface area contributed by atoms with Crippen molar-refractivity contribution in [3.05, 3.63) is 34.3 Å². The lowest BCUT2D eigenvalue weighted by Crippen LogP contribution is -2.05. The normalized spacial score (nSPS) is 10.0. The molecule has 0 saturated heterocycles. The molecule has 1 amide bonds. The number of nitrogens with zero attached hydrogens (tertiary/aromatic N) is 1. The van der Waals surface area contributed by atoms with Crippen LogP contribution in [0.15, 0.2) is 24.3 Å². The van der Waals surface area contributed by atoms with Crippen molar-refractivity contribution in [2.24, 2.45) is 0 Å². The van der Waals surface area contributed by atoms with E-state index < -0.39 is 5.97 Å². The third-order valence-corrected chi connectivity index (χ3v) is 3.75. The summed E-state index contributed by atoms with van der Waals surface area (Å²) in [5.74, 6) is -0.656. The third-order valence-electron chi connectivity index (χ3n) is 2.41. The van der Waals surface area contributed by atoms with E-state index in [1.165, 1.54) is 14.0 Å². The van der Waals surface area contributed by atoms with Crippen molar-refractivity contribution in [3.8, 4) is 0 Å². The van der Waals surface area contributed by atoms with Crippen LogP contribution in [0.4, 0.5) is 16.5 Å². The number of thiazole rings is 1. The standard InChI is InChI=1S/C13H12ClN3O3S/c1-7(18)15-8-3-5-9(6-4-8)16-13-17-11(14)10(21-13)12(19)20-2/h3-6H,1-2H3,(H,15,18)(H,16,17). The van der Waals surface area contributed by atoms with Gasteiger partial charge in [-0.2, -0.15) is 0 Å². The molecule has 1 aromatic carbocycles. The van der Waals surface area contributed by atoms with Gasteiger partial charge in [-0.15, -0.1) is 0 Å². The Hall–Kier alpha value is -2.12. The SMILES string of the molecule is COC(=O)c1sc(Nc2ccc(NC(C)=O)cc2)nc1Cl. The summed E-state index contributed by atoms with van der Waals surface area (Å²) >= 11 is 6.98. The van der Waals surface area contributed by atoms with Crippen LogP contribution in [0.3, 0.4) is 0 Å². The number of nitrogens with one attached hydrogen (secondary N) is 2. The summed E-state index contributed by atoms with van der Waals surface area (Å²) in [4.78, 5) is 26.7. The summed E-state index contributed by atoms with van der Waals surface area (Å²) in [6, 6.07) is 7.05. The van der Waals surface area contributed by atoms with Gasteiger partial charge in [0.2, 0.25) is 5.91 Å². The maximum absolute atomic E-state index is 11.4. The minimum absolute atomic E-state index is 0.101. The molecule has 110 valence electrons. The van der Waals surface area contributed by atoms with Gasteiger partial charge in [-0.1, -0.05) is 22.9 Å². The number of methoxy groups -OCH3 is 1. The highest BCUT2D eigenvalue weighted by atomic mass is 35.5. The maximum atomic E-state index is 11.4. The molecule has 1 aromatic heterocycles. The molecule has 8 heteroatoms. The molecule has 0 bridgehead atoms. The van der Waals surface area contributed by atoms with Gasteiger partial charge in [0.1, 0.15) is 0 Å². The largest absolute Gasteiger partial charge is 0.465 e. The zero-order valence-corrected chi connectivity index (χ0v) is 12.8. The molecule has 0 aliphatic rings. The Morgan fingerprint density at radius 1 is 1.24 bits per heavy atom. The fraction of sp³-hybridized carbons (Fsp3) is 0.154. The fourth-order valence-electron chi connectivity index (χ4n) is 1.54. The fourth-order valence-corrected chi connectivity index (χ4v) is 2.66. The minimum atomic E-state index is -0.522. The van der Waals surface area contributed by atoms with E-state index in [1.54, 1.807) is 24.3 Å². The number of aromatic nitrogens is 1. The van der Waals surface area contributed by atoms with Gasteiger partial charge in [0.15, 0.2) is 15.2 Å².